The van der Waals surface area contributed by atoms with Crippen molar-refractivity contribution in [3.63, 3.8) is 0 Å². The highest BCUT2D eigenvalue weighted by Gasteiger charge is 2.23. The fraction of sp³-hybridized carbons (Fsp3) is 0.450. The van der Waals surface area contributed by atoms with E-state index < -0.39 is 0 Å². The number of rotatable bonds is 5. The predicted octanol–water partition coefficient (Wildman–Crippen LogP) is 2.35. The number of nitrogens with zero attached hydrogens (tertiary/aromatic N) is 5. The van der Waals surface area contributed by atoms with Crippen molar-refractivity contribution in [2.45, 2.75) is 0 Å². The van der Waals surface area contributed by atoms with Crippen molar-refractivity contribution in [1.29, 1.82) is 0 Å². The Kier molecular flexibility index (Phi) is 6.76. The van der Waals surface area contributed by atoms with Gasteiger partial charge < -0.3 is 24.2 Å². The lowest BCUT2D eigenvalue weighted by molar-refractivity contribution is -0.133. The van der Waals surface area contributed by atoms with Crippen LogP contribution in [0.1, 0.15) is 0 Å². The van der Waals surface area contributed by atoms with Gasteiger partial charge in [-0.15, -0.1) is 5.10 Å². The Morgan fingerprint density at radius 1 is 1.03 bits per heavy atom. The molecular weight excluding hydrogens is 429 g/mol. The van der Waals surface area contributed by atoms with Crippen molar-refractivity contribution in [2.24, 2.45) is 0 Å². The first-order valence-electron chi connectivity index (χ1n) is 9.86. The fourth-order valence-electron chi connectivity index (χ4n) is 3.50. The Labute approximate surface area is 185 Å². The van der Waals surface area contributed by atoms with E-state index in [1.807, 2.05) is 0 Å². The summed E-state index contributed by atoms with van der Waals surface area (Å²) in [6.07, 6.45) is 1.79. The van der Waals surface area contributed by atoms with Gasteiger partial charge in [-0.05, 0) is 18.2 Å². The third-order valence-corrected chi connectivity index (χ3v) is 5.74. The molecule has 1 aromatic carbocycles. The van der Waals surface area contributed by atoms with Crippen molar-refractivity contribution < 1.29 is 14.3 Å². The van der Waals surface area contributed by atoms with Crippen LogP contribution in [0.25, 0.3) is 0 Å². The molecule has 2 aromatic rings. The zero-order valence-electron chi connectivity index (χ0n) is 16.5. The molecule has 1 amide bonds. The van der Waals surface area contributed by atoms with Crippen LogP contribution in [0.15, 0.2) is 30.5 Å². The molecule has 0 bridgehead atoms. The van der Waals surface area contributed by atoms with E-state index in [9.17, 15) is 4.79 Å². The van der Waals surface area contributed by atoms with Crippen LogP contribution in [0.3, 0.4) is 0 Å². The van der Waals surface area contributed by atoms with E-state index in [4.69, 9.17) is 32.7 Å². The number of carbonyl (C=O) groups excluding carboxylic acids is 1. The second-order valence-corrected chi connectivity index (χ2v) is 7.95. The maximum absolute atomic E-state index is 12.5. The summed E-state index contributed by atoms with van der Waals surface area (Å²) in [5, 5.41) is 9.37. The van der Waals surface area contributed by atoms with E-state index in [2.05, 4.69) is 26.1 Å². The molecule has 10 heteroatoms. The molecule has 0 radical (unpaired) electrons. The average Bonchev–Trinajstić information content (AvgIpc) is 2.79. The van der Waals surface area contributed by atoms with Crippen molar-refractivity contribution in [1.82, 2.24) is 15.1 Å². The molecule has 0 unspecified atom stereocenters. The molecule has 1 aromatic heterocycles. The van der Waals surface area contributed by atoms with Gasteiger partial charge in [-0.3, -0.25) is 4.79 Å². The molecule has 3 heterocycles. The second-order valence-electron chi connectivity index (χ2n) is 7.10. The predicted molar refractivity (Wildman–Crippen MR) is 116 cm³/mol. The Hall–Kier alpha value is -2.29. The molecule has 0 spiro atoms. The standard InChI is InChI=1S/C20H23Cl2N5O3/c21-15-1-2-18(17(22)11-15)30-14-20(28)27-5-3-26(4-6-27)19-12-16(13-23-24-19)25-7-9-29-10-8-25/h1-2,11-13H,3-10,14H2. The highest BCUT2D eigenvalue weighted by molar-refractivity contribution is 6.35. The maximum atomic E-state index is 12.5. The molecule has 0 atom stereocenters. The Balaban J connectivity index is 1.29. The van der Waals surface area contributed by atoms with Gasteiger partial charge in [-0.1, -0.05) is 23.2 Å². The summed E-state index contributed by atoms with van der Waals surface area (Å²) >= 11 is 12.0. The third kappa shape index (κ3) is 5.06. The van der Waals surface area contributed by atoms with Gasteiger partial charge in [0, 0.05) is 50.4 Å². The molecule has 160 valence electrons. The number of hydrogen-bond donors (Lipinski definition) is 0. The van der Waals surface area contributed by atoms with E-state index in [1.54, 1.807) is 29.3 Å². The van der Waals surface area contributed by atoms with Crippen LogP contribution >= 0.6 is 23.2 Å². The largest absolute Gasteiger partial charge is 0.482 e. The van der Waals surface area contributed by atoms with E-state index in [-0.39, 0.29) is 12.5 Å². The second kappa shape index (κ2) is 9.68. The van der Waals surface area contributed by atoms with Crippen LogP contribution in [0.4, 0.5) is 11.5 Å². The van der Waals surface area contributed by atoms with Gasteiger partial charge in [0.15, 0.2) is 12.4 Å². The lowest BCUT2D eigenvalue weighted by atomic mass is 10.3. The van der Waals surface area contributed by atoms with Gasteiger partial charge in [0.05, 0.1) is 30.1 Å². The van der Waals surface area contributed by atoms with Crippen LogP contribution in [0.2, 0.25) is 10.0 Å². The lowest BCUT2D eigenvalue weighted by Crippen LogP contribution is -2.50. The van der Waals surface area contributed by atoms with Crippen molar-refractivity contribution in [2.75, 3.05) is 68.9 Å². The topological polar surface area (TPSA) is 71.0 Å². The Morgan fingerprint density at radius 2 is 1.80 bits per heavy atom. The average molecular weight is 452 g/mol. The maximum Gasteiger partial charge on any atom is 0.260 e. The van der Waals surface area contributed by atoms with Crippen molar-refractivity contribution in [3.8, 4) is 5.75 Å². The van der Waals surface area contributed by atoms with Gasteiger partial charge in [0.1, 0.15) is 5.75 Å². The number of carbonyl (C=O) groups is 1. The van der Waals surface area contributed by atoms with Crippen LogP contribution in [-0.4, -0.2) is 80.1 Å². The number of morpholine rings is 1. The van der Waals surface area contributed by atoms with Gasteiger partial charge >= 0.3 is 0 Å². The zero-order valence-corrected chi connectivity index (χ0v) is 18.0. The monoisotopic (exact) mass is 451 g/mol. The van der Waals surface area contributed by atoms with Gasteiger partial charge in [-0.2, -0.15) is 5.10 Å². The van der Waals surface area contributed by atoms with Crippen molar-refractivity contribution in [3.05, 3.63) is 40.5 Å². The minimum atomic E-state index is -0.0752. The number of piperazine rings is 1. The third-order valence-electron chi connectivity index (χ3n) is 5.20. The summed E-state index contributed by atoms with van der Waals surface area (Å²) in [7, 11) is 0. The first kappa shape index (κ1) is 21.0. The van der Waals surface area contributed by atoms with Gasteiger partial charge in [-0.25, -0.2) is 0 Å². The van der Waals surface area contributed by atoms with Crippen LogP contribution < -0.4 is 14.5 Å². The molecule has 2 fully saturated rings. The number of aromatic nitrogens is 2. The number of halogens is 2. The quantitative estimate of drug-likeness (QED) is 0.690. The van der Waals surface area contributed by atoms with Crippen LogP contribution in [0, 0.1) is 0 Å². The highest BCUT2D eigenvalue weighted by atomic mass is 35.5. The first-order chi connectivity index (χ1) is 14.6. The van der Waals surface area contributed by atoms with Crippen LogP contribution in [-0.2, 0) is 9.53 Å². The molecule has 0 saturated carbocycles. The fourth-order valence-corrected chi connectivity index (χ4v) is 3.97. The highest BCUT2D eigenvalue weighted by Crippen LogP contribution is 2.27. The minimum absolute atomic E-state index is 0.0618. The number of ether oxygens (including phenoxy) is 2. The summed E-state index contributed by atoms with van der Waals surface area (Å²) in [6, 6.07) is 6.99. The van der Waals surface area contributed by atoms with E-state index >= 15 is 0 Å². The molecule has 4 rings (SSSR count). The minimum Gasteiger partial charge on any atom is -0.482 e. The molecule has 2 saturated heterocycles. The molecule has 0 N–H and O–H groups in total. The number of amides is 1. The molecule has 2 aliphatic heterocycles. The summed E-state index contributed by atoms with van der Waals surface area (Å²) in [6.45, 7) is 5.66. The zero-order chi connectivity index (χ0) is 20.9. The molecule has 2 aliphatic rings. The summed E-state index contributed by atoms with van der Waals surface area (Å²) < 4.78 is 11.0. The van der Waals surface area contributed by atoms with Crippen molar-refractivity contribution >= 4 is 40.6 Å². The number of benzene rings is 1. The molecule has 30 heavy (non-hydrogen) atoms. The summed E-state index contributed by atoms with van der Waals surface area (Å²) in [5.74, 6) is 1.20. The smallest absolute Gasteiger partial charge is 0.260 e. The number of hydrogen-bond acceptors (Lipinski definition) is 7. The lowest BCUT2D eigenvalue weighted by Gasteiger charge is -2.35. The van der Waals surface area contributed by atoms with Crippen LogP contribution in [0.5, 0.6) is 5.75 Å². The molecular formula is C20H23Cl2N5O3. The Bertz CT molecular complexity index is 886. The summed E-state index contributed by atoms with van der Waals surface area (Å²) in [5.41, 5.74) is 1.05. The number of anilines is 2. The van der Waals surface area contributed by atoms with E-state index in [0.29, 0.717) is 42.0 Å². The SMILES string of the molecule is O=C(COc1ccc(Cl)cc1Cl)N1CCN(c2cc(N3CCOCC3)cnn2)CC1. The normalized spacial score (nSPS) is 17.2. The molecule has 0 aliphatic carbocycles. The summed E-state index contributed by atoms with van der Waals surface area (Å²) in [4.78, 5) is 18.7. The van der Waals surface area contributed by atoms with E-state index in [1.165, 1.54) is 0 Å². The Morgan fingerprint density at radius 3 is 2.53 bits per heavy atom. The van der Waals surface area contributed by atoms with E-state index in [0.717, 1.165) is 37.8 Å². The van der Waals surface area contributed by atoms with Gasteiger partial charge in [0.25, 0.3) is 5.91 Å². The molecule has 8 nitrogen and oxygen atoms in total. The van der Waals surface area contributed by atoms with Gasteiger partial charge in [0.2, 0.25) is 0 Å². The first-order valence-corrected chi connectivity index (χ1v) is 10.6.